The highest BCUT2D eigenvalue weighted by Crippen LogP contribution is 2.13. The van der Waals surface area contributed by atoms with Crippen LogP contribution in [0.25, 0.3) is 0 Å². The summed E-state index contributed by atoms with van der Waals surface area (Å²) in [7, 11) is 1.70. The van der Waals surface area contributed by atoms with Crippen molar-refractivity contribution >= 4 is 0 Å². The average Bonchev–Trinajstić information content (AvgIpc) is 2.62. The molecule has 0 aromatic heterocycles. The van der Waals surface area contributed by atoms with E-state index in [0.717, 1.165) is 12.1 Å². The van der Waals surface area contributed by atoms with Crippen molar-refractivity contribution in [3.05, 3.63) is 35.6 Å². The van der Waals surface area contributed by atoms with Gasteiger partial charge in [0.25, 0.3) is 0 Å². The fraction of sp³-hybridized carbons (Fsp3) is 0.529. The molecule has 1 saturated heterocycles. The van der Waals surface area contributed by atoms with E-state index in [-0.39, 0.29) is 18.4 Å². The number of morpholine rings is 1. The van der Waals surface area contributed by atoms with E-state index in [9.17, 15) is 14.9 Å². The Bertz CT molecular complexity index is 593. The van der Waals surface area contributed by atoms with Crippen LogP contribution in [0.15, 0.2) is 24.3 Å². The third kappa shape index (κ3) is 4.73. The molecule has 1 atom stereocenters. The first-order valence-electron chi connectivity index (χ1n) is 7.91. The van der Waals surface area contributed by atoms with Gasteiger partial charge in [0.2, 0.25) is 5.54 Å². The summed E-state index contributed by atoms with van der Waals surface area (Å²) in [6.07, 6.45) is 0. The Kier molecular flexibility index (Phi) is 6.65. The van der Waals surface area contributed by atoms with E-state index in [1.54, 1.807) is 19.2 Å². The summed E-state index contributed by atoms with van der Waals surface area (Å²) in [4.78, 5) is 2.22. The minimum Gasteiger partial charge on any atom is -0.378 e. The first-order valence-corrected chi connectivity index (χ1v) is 7.91. The summed E-state index contributed by atoms with van der Waals surface area (Å²) in [5.74, 6) is -0.251. The largest absolute Gasteiger partial charge is 0.378 e. The first-order chi connectivity index (χ1) is 11.6. The normalized spacial score (nSPS) is 18.8. The van der Waals surface area contributed by atoms with Crippen molar-refractivity contribution < 1.29 is 9.13 Å². The van der Waals surface area contributed by atoms with E-state index in [1.165, 1.54) is 12.1 Å². The maximum atomic E-state index is 13.0. The van der Waals surface area contributed by atoms with Gasteiger partial charge < -0.3 is 10.1 Å². The molecule has 0 amide bonds. The minimum atomic E-state index is -1.26. The quantitative estimate of drug-likeness (QED) is 0.762. The summed E-state index contributed by atoms with van der Waals surface area (Å²) < 4.78 is 18.6. The number of halogens is 1. The predicted molar refractivity (Wildman–Crippen MR) is 87.3 cm³/mol. The molecule has 2 rings (SSSR count). The van der Waals surface area contributed by atoms with Gasteiger partial charge in [-0.25, -0.2) is 4.39 Å². The summed E-state index contributed by atoms with van der Waals surface area (Å²) >= 11 is 0. The van der Waals surface area contributed by atoms with Crippen LogP contribution >= 0.6 is 0 Å². The SMILES string of the molecule is CNCC(C#N)(C#N)NCC1COCCN1Cc1ccc(F)cc1. The van der Waals surface area contributed by atoms with Crippen LogP contribution in [0.5, 0.6) is 0 Å². The Morgan fingerprint density at radius 2 is 2.04 bits per heavy atom. The van der Waals surface area contributed by atoms with Gasteiger partial charge in [0.15, 0.2) is 0 Å². The molecule has 0 saturated carbocycles. The number of hydrogen-bond acceptors (Lipinski definition) is 6. The van der Waals surface area contributed by atoms with E-state index in [4.69, 9.17) is 4.74 Å². The van der Waals surface area contributed by atoms with Crippen molar-refractivity contribution in [2.24, 2.45) is 0 Å². The molecule has 1 fully saturated rings. The highest BCUT2D eigenvalue weighted by Gasteiger charge is 2.31. The fourth-order valence-electron chi connectivity index (χ4n) is 2.71. The van der Waals surface area contributed by atoms with Crippen LogP contribution in [0, 0.1) is 28.5 Å². The van der Waals surface area contributed by atoms with Crippen molar-refractivity contribution in [2.75, 3.05) is 39.9 Å². The van der Waals surface area contributed by atoms with Crippen LogP contribution in [0.4, 0.5) is 4.39 Å². The molecular weight excluding hydrogens is 309 g/mol. The second kappa shape index (κ2) is 8.72. The molecule has 1 unspecified atom stereocenters. The third-order valence-electron chi connectivity index (χ3n) is 4.11. The van der Waals surface area contributed by atoms with Gasteiger partial charge in [0.05, 0.1) is 13.2 Å². The van der Waals surface area contributed by atoms with Crippen molar-refractivity contribution in [3.63, 3.8) is 0 Å². The van der Waals surface area contributed by atoms with Gasteiger partial charge in [-0.3, -0.25) is 10.2 Å². The lowest BCUT2D eigenvalue weighted by molar-refractivity contribution is -0.0120. The number of nitrogens with zero attached hydrogens (tertiary/aromatic N) is 3. The third-order valence-corrected chi connectivity index (χ3v) is 4.11. The van der Waals surface area contributed by atoms with E-state index in [1.807, 2.05) is 12.1 Å². The van der Waals surface area contributed by atoms with Gasteiger partial charge in [-0.2, -0.15) is 10.5 Å². The van der Waals surface area contributed by atoms with E-state index >= 15 is 0 Å². The van der Waals surface area contributed by atoms with Gasteiger partial charge in [-0.05, 0) is 24.7 Å². The Labute approximate surface area is 141 Å². The Morgan fingerprint density at radius 1 is 1.33 bits per heavy atom. The second-order valence-electron chi connectivity index (χ2n) is 5.87. The van der Waals surface area contributed by atoms with Gasteiger partial charge in [-0.1, -0.05) is 12.1 Å². The standard InChI is InChI=1S/C17H22FN5O/c1-21-13-17(11-19,12-20)22-8-16-10-24-7-6-23(16)9-14-2-4-15(18)5-3-14/h2-5,16,21-22H,6-10,13H2,1H3. The van der Waals surface area contributed by atoms with Crippen LogP contribution in [0.2, 0.25) is 0 Å². The number of likely N-dealkylation sites (N-methyl/N-ethyl adjacent to an activating group) is 1. The van der Waals surface area contributed by atoms with E-state index in [0.29, 0.717) is 26.3 Å². The fourth-order valence-corrected chi connectivity index (χ4v) is 2.71. The molecule has 0 bridgehead atoms. The van der Waals surface area contributed by atoms with Crippen molar-refractivity contribution in [2.45, 2.75) is 18.1 Å². The average molecular weight is 331 g/mol. The van der Waals surface area contributed by atoms with Crippen LogP contribution in [-0.2, 0) is 11.3 Å². The zero-order valence-corrected chi connectivity index (χ0v) is 13.8. The Morgan fingerprint density at radius 3 is 2.67 bits per heavy atom. The first kappa shape index (κ1) is 18.3. The summed E-state index contributed by atoms with van der Waals surface area (Å²) in [5, 5.41) is 24.5. The zero-order chi connectivity index (χ0) is 17.4. The molecule has 1 heterocycles. The molecule has 24 heavy (non-hydrogen) atoms. The molecule has 0 radical (unpaired) electrons. The Hall–Kier alpha value is -2.03. The lowest BCUT2D eigenvalue weighted by Crippen LogP contribution is -2.57. The predicted octanol–water partition coefficient (Wildman–Crippen LogP) is 0.621. The number of nitriles is 2. The zero-order valence-electron chi connectivity index (χ0n) is 13.8. The van der Waals surface area contributed by atoms with Gasteiger partial charge in [0.1, 0.15) is 18.0 Å². The summed E-state index contributed by atoms with van der Waals surface area (Å²) in [5.41, 5.74) is -0.237. The molecule has 0 spiro atoms. The van der Waals surface area contributed by atoms with Crippen LogP contribution in [0.3, 0.4) is 0 Å². The number of nitrogens with one attached hydrogen (secondary N) is 2. The van der Waals surface area contributed by atoms with Crippen molar-refractivity contribution in [3.8, 4) is 12.1 Å². The maximum Gasteiger partial charge on any atom is 0.206 e. The highest BCUT2D eigenvalue weighted by molar-refractivity contribution is 5.23. The van der Waals surface area contributed by atoms with Gasteiger partial charge in [-0.15, -0.1) is 0 Å². The Balaban J connectivity index is 2.00. The smallest absolute Gasteiger partial charge is 0.206 e. The van der Waals surface area contributed by atoms with Crippen LogP contribution < -0.4 is 10.6 Å². The lowest BCUT2D eigenvalue weighted by atomic mass is 10.0. The lowest BCUT2D eigenvalue weighted by Gasteiger charge is -2.37. The van der Waals surface area contributed by atoms with Gasteiger partial charge >= 0.3 is 0 Å². The number of benzene rings is 1. The van der Waals surface area contributed by atoms with E-state index < -0.39 is 5.54 Å². The molecule has 1 aromatic carbocycles. The number of ether oxygens (including phenoxy) is 1. The van der Waals surface area contributed by atoms with Gasteiger partial charge in [0, 0.05) is 32.2 Å². The molecular formula is C17H22FN5O. The van der Waals surface area contributed by atoms with Crippen molar-refractivity contribution in [1.82, 2.24) is 15.5 Å². The molecule has 2 N–H and O–H groups in total. The molecule has 1 aliphatic rings. The monoisotopic (exact) mass is 331 g/mol. The second-order valence-corrected chi connectivity index (χ2v) is 5.87. The summed E-state index contributed by atoms with van der Waals surface area (Å²) in [6.45, 7) is 3.29. The molecule has 0 aliphatic carbocycles. The topological polar surface area (TPSA) is 84.1 Å². The molecule has 7 heteroatoms. The van der Waals surface area contributed by atoms with E-state index in [2.05, 4.69) is 15.5 Å². The maximum absolute atomic E-state index is 13.0. The molecule has 1 aliphatic heterocycles. The van der Waals surface area contributed by atoms with Crippen LogP contribution in [0.1, 0.15) is 5.56 Å². The number of hydrogen-bond donors (Lipinski definition) is 2. The van der Waals surface area contributed by atoms with Crippen LogP contribution in [-0.4, -0.2) is 56.4 Å². The minimum absolute atomic E-state index is 0.0433. The molecule has 1 aromatic rings. The number of rotatable bonds is 7. The van der Waals surface area contributed by atoms with Crippen molar-refractivity contribution in [1.29, 1.82) is 10.5 Å². The highest BCUT2D eigenvalue weighted by atomic mass is 19.1. The summed E-state index contributed by atoms with van der Waals surface area (Å²) in [6, 6.07) is 10.6. The molecule has 128 valence electrons. The molecule has 6 nitrogen and oxygen atoms in total.